The molecule has 0 heterocycles. The molecule has 0 aliphatic carbocycles. The number of hydrogen-bond acceptors (Lipinski definition) is 4. The molecule has 0 bridgehead atoms. The maximum atomic E-state index is 10.7. The lowest BCUT2D eigenvalue weighted by Crippen LogP contribution is -1.96. The molecule has 2 rings (SSSR count). The predicted octanol–water partition coefficient (Wildman–Crippen LogP) is 1.99. The predicted molar refractivity (Wildman–Crippen MR) is 76.0 cm³/mol. The Morgan fingerprint density at radius 2 is 1.45 bits per heavy atom. The van der Waals surface area contributed by atoms with Crippen molar-refractivity contribution in [2.45, 2.75) is 12.8 Å². The van der Waals surface area contributed by atoms with Crippen LogP contribution in [0.4, 0.5) is 0 Å². The second-order valence-corrected chi connectivity index (χ2v) is 4.18. The van der Waals surface area contributed by atoms with Gasteiger partial charge in [0.05, 0.1) is 0 Å². The van der Waals surface area contributed by atoms with E-state index in [9.17, 15) is 9.90 Å². The molecule has 0 fully saturated rings. The maximum Gasteiger partial charge on any atom is 0.339 e. The molecule has 5 heteroatoms. The summed E-state index contributed by atoms with van der Waals surface area (Å²) in [6.07, 6.45) is 1.44. The lowest BCUT2D eigenvalue weighted by molar-refractivity contribution is 0.0694. The fourth-order valence-corrected chi connectivity index (χ4v) is 1.62. The van der Waals surface area contributed by atoms with E-state index >= 15 is 0 Å². The third-order valence-electron chi connectivity index (χ3n) is 2.66. The Labute approximate surface area is 116 Å². The molecule has 0 aliphatic rings. The second-order valence-electron chi connectivity index (χ2n) is 4.18. The fraction of sp³-hybridized carbons (Fsp3) is 0.267. The van der Waals surface area contributed by atoms with Crippen molar-refractivity contribution in [2.75, 3.05) is 13.2 Å². The first-order chi connectivity index (χ1) is 9.60. The molecule has 0 aromatic heterocycles. The molecule has 0 amide bonds. The van der Waals surface area contributed by atoms with E-state index in [-0.39, 0.29) is 24.5 Å². The van der Waals surface area contributed by atoms with E-state index < -0.39 is 5.97 Å². The van der Waals surface area contributed by atoms with E-state index in [0.29, 0.717) is 0 Å². The first-order valence-electron chi connectivity index (χ1n) is 6.27. The van der Waals surface area contributed by atoms with Gasteiger partial charge in [-0.3, -0.25) is 0 Å². The second kappa shape index (κ2) is 8.14. The third kappa shape index (κ3) is 4.53. The molecular weight excluding hydrogens is 260 g/mol. The van der Waals surface area contributed by atoms with Gasteiger partial charge >= 0.3 is 5.97 Å². The summed E-state index contributed by atoms with van der Waals surface area (Å²) >= 11 is 0. The molecule has 4 N–H and O–H groups in total. The summed E-state index contributed by atoms with van der Waals surface area (Å²) in [5.74, 6) is -1.32. The average Bonchev–Trinajstić information content (AvgIpc) is 2.44. The van der Waals surface area contributed by atoms with Gasteiger partial charge in [0.1, 0.15) is 11.3 Å². The maximum absolute atomic E-state index is 10.7. The Bertz CT molecular complexity index is 561. The van der Waals surface area contributed by atoms with Crippen LogP contribution < -0.4 is 0 Å². The van der Waals surface area contributed by atoms with Gasteiger partial charge < -0.3 is 20.4 Å². The standard InChI is InChI=1S/C11H8O3.C4H10O2/c12-10-6-8-4-2-1-3-7(8)5-9(10)11(13)14;5-3-1-2-4-6/h1-6,12H,(H,13,14);5-6H,1-4H2. The monoisotopic (exact) mass is 278 g/mol. The minimum atomic E-state index is -1.12. The normalized spacial score (nSPS) is 9.90. The number of rotatable bonds is 4. The highest BCUT2D eigenvalue weighted by atomic mass is 16.4. The van der Waals surface area contributed by atoms with Gasteiger partial charge in [-0.25, -0.2) is 4.79 Å². The zero-order valence-electron chi connectivity index (χ0n) is 11.0. The van der Waals surface area contributed by atoms with Gasteiger partial charge in [0, 0.05) is 13.2 Å². The summed E-state index contributed by atoms with van der Waals surface area (Å²) in [7, 11) is 0. The summed E-state index contributed by atoms with van der Waals surface area (Å²) in [5.41, 5.74) is -0.0660. The first kappa shape index (κ1) is 15.9. The average molecular weight is 278 g/mol. The Balaban J connectivity index is 0.000000286. The number of aliphatic hydroxyl groups is 2. The van der Waals surface area contributed by atoms with E-state index in [1.54, 1.807) is 6.07 Å². The summed E-state index contributed by atoms with van der Waals surface area (Å²) in [6.45, 7) is 0.390. The van der Waals surface area contributed by atoms with E-state index in [2.05, 4.69) is 0 Å². The van der Waals surface area contributed by atoms with Gasteiger partial charge in [-0.05, 0) is 35.7 Å². The van der Waals surface area contributed by atoms with E-state index in [1.807, 2.05) is 18.2 Å². The number of aliphatic hydroxyl groups excluding tert-OH is 2. The number of fused-ring (bicyclic) bond motifs is 1. The number of carbonyl (C=O) groups is 1. The van der Waals surface area contributed by atoms with E-state index in [4.69, 9.17) is 15.3 Å². The van der Waals surface area contributed by atoms with Crippen molar-refractivity contribution in [1.82, 2.24) is 0 Å². The van der Waals surface area contributed by atoms with Gasteiger partial charge in [0.15, 0.2) is 0 Å². The minimum absolute atomic E-state index is 0.0660. The van der Waals surface area contributed by atoms with Crippen molar-refractivity contribution in [3.8, 4) is 5.75 Å². The van der Waals surface area contributed by atoms with Gasteiger partial charge in [-0.15, -0.1) is 0 Å². The Hall–Kier alpha value is -2.11. The molecule has 0 radical (unpaired) electrons. The van der Waals surface area contributed by atoms with Crippen LogP contribution in [0, 0.1) is 0 Å². The number of aromatic hydroxyl groups is 1. The molecule has 20 heavy (non-hydrogen) atoms. The van der Waals surface area contributed by atoms with Crippen molar-refractivity contribution in [3.05, 3.63) is 42.0 Å². The van der Waals surface area contributed by atoms with Gasteiger partial charge in [-0.1, -0.05) is 24.3 Å². The van der Waals surface area contributed by atoms with Crippen LogP contribution in [0.25, 0.3) is 10.8 Å². The Kier molecular flexibility index (Phi) is 6.49. The third-order valence-corrected chi connectivity index (χ3v) is 2.66. The minimum Gasteiger partial charge on any atom is -0.507 e. The SMILES string of the molecule is O=C(O)c1cc2ccccc2cc1O.OCCCCO. The molecule has 0 spiro atoms. The number of hydrogen-bond donors (Lipinski definition) is 4. The topological polar surface area (TPSA) is 98.0 Å². The number of benzene rings is 2. The molecule has 5 nitrogen and oxygen atoms in total. The van der Waals surface area contributed by atoms with Crippen molar-refractivity contribution in [2.24, 2.45) is 0 Å². The first-order valence-corrected chi connectivity index (χ1v) is 6.27. The van der Waals surface area contributed by atoms with Gasteiger partial charge in [-0.2, -0.15) is 0 Å². The van der Waals surface area contributed by atoms with Crippen molar-refractivity contribution < 1.29 is 25.2 Å². The summed E-state index contributed by atoms with van der Waals surface area (Å²) in [5, 5.41) is 36.0. The molecule has 0 saturated heterocycles. The van der Waals surface area contributed by atoms with Crippen molar-refractivity contribution in [3.63, 3.8) is 0 Å². The van der Waals surface area contributed by atoms with Crippen LogP contribution >= 0.6 is 0 Å². The Morgan fingerprint density at radius 1 is 0.950 bits per heavy atom. The van der Waals surface area contributed by atoms with Crippen LogP contribution in [0.1, 0.15) is 23.2 Å². The van der Waals surface area contributed by atoms with Crippen LogP contribution in [0.5, 0.6) is 5.75 Å². The Morgan fingerprint density at radius 3 is 1.90 bits per heavy atom. The molecule has 0 saturated carbocycles. The van der Waals surface area contributed by atoms with Crippen LogP contribution in [0.3, 0.4) is 0 Å². The van der Waals surface area contributed by atoms with Crippen molar-refractivity contribution >= 4 is 16.7 Å². The number of carboxylic acid groups (broad SMARTS) is 1. The lowest BCUT2D eigenvalue weighted by Gasteiger charge is -2.02. The van der Waals surface area contributed by atoms with E-state index in [1.165, 1.54) is 12.1 Å². The molecule has 2 aromatic carbocycles. The van der Waals surface area contributed by atoms with Gasteiger partial charge in [0.2, 0.25) is 0 Å². The van der Waals surface area contributed by atoms with E-state index in [0.717, 1.165) is 23.6 Å². The number of aromatic carboxylic acids is 1. The van der Waals surface area contributed by atoms with Crippen LogP contribution in [0.15, 0.2) is 36.4 Å². The zero-order chi connectivity index (χ0) is 15.0. The van der Waals surface area contributed by atoms with Crippen LogP contribution in [-0.4, -0.2) is 39.6 Å². The summed E-state index contributed by atoms with van der Waals surface area (Å²) in [4.78, 5) is 10.7. The quantitative estimate of drug-likeness (QED) is 0.641. The molecule has 0 atom stereocenters. The fourth-order valence-electron chi connectivity index (χ4n) is 1.62. The molecule has 0 aliphatic heterocycles. The largest absolute Gasteiger partial charge is 0.507 e. The molecular formula is C15H18O5. The molecule has 2 aromatic rings. The highest BCUT2D eigenvalue weighted by Crippen LogP contribution is 2.24. The lowest BCUT2D eigenvalue weighted by atomic mass is 10.1. The number of phenols is 1. The van der Waals surface area contributed by atoms with Crippen LogP contribution in [0.2, 0.25) is 0 Å². The number of unbranched alkanes of at least 4 members (excludes halogenated alkanes) is 1. The summed E-state index contributed by atoms with van der Waals surface area (Å²) in [6, 6.07) is 10.2. The molecule has 108 valence electrons. The highest BCUT2D eigenvalue weighted by molar-refractivity contribution is 5.97. The molecule has 0 unspecified atom stereocenters. The van der Waals surface area contributed by atoms with Crippen LogP contribution in [-0.2, 0) is 0 Å². The summed E-state index contributed by atoms with van der Waals surface area (Å²) < 4.78 is 0. The highest BCUT2D eigenvalue weighted by Gasteiger charge is 2.09. The smallest absolute Gasteiger partial charge is 0.339 e. The zero-order valence-corrected chi connectivity index (χ0v) is 11.0. The van der Waals surface area contributed by atoms with Gasteiger partial charge in [0.25, 0.3) is 0 Å². The number of carboxylic acids is 1. The van der Waals surface area contributed by atoms with Crippen molar-refractivity contribution in [1.29, 1.82) is 0 Å².